The Balaban J connectivity index is 3.01. The molecule has 1 rings (SSSR count). The fraction of sp³-hybridized carbons (Fsp3) is 0.417. The Kier molecular flexibility index (Phi) is 4.17. The van der Waals surface area contributed by atoms with E-state index < -0.39 is 5.91 Å². The second-order valence-electron chi connectivity index (χ2n) is 3.72. The van der Waals surface area contributed by atoms with E-state index in [1.165, 1.54) is 0 Å². The van der Waals surface area contributed by atoms with E-state index in [1.807, 2.05) is 6.07 Å². The molecule has 0 spiro atoms. The van der Waals surface area contributed by atoms with Crippen LogP contribution in [0, 0.1) is 0 Å². The Labute approximate surface area is 96.2 Å². The van der Waals surface area contributed by atoms with Crippen LogP contribution in [0.4, 0.5) is 11.4 Å². The molecule has 0 heterocycles. The van der Waals surface area contributed by atoms with E-state index in [1.54, 1.807) is 12.1 Å². The van der Waals surface area contributed by atoms with Crippen molar-refractivity contribution in [3.63, 3.8) is 0 Å². The number of nitrogens with zero attached hydrogens (tertiary/aromatic N) is 1. The first-order chi connectivity index (χ1) is 7.60. The summed E-state index contributed by atoms with van der Waals surface area (Å²) >= 11 is 0. The zero-order valence-corrected chi connectivity index (χ0v) is 9.86. The van der Waals surface area contributed by atoms with Crippen LogP contribution in [0.15, 0.2) is 18.2 Å². The van der Waals surface area contributed by atoms with Crippen LogP contribution in [0.2, 0.25) is 0 Å². The van der Waals surface area contributed by atoms with Crippen LogP contribution in [0.5, 0.6) is 0 Å². The third kappa shape index (κ3) is 2.66. The third-order valence-corrected chi connectivity index (χ3v) is 2.53. The van der Waals surface area contributed by atoms with E-state index in [0.29, 0.717) is 11.3 Å². The summed E-state index contributed by atoms with van der Waals surface area (Å²) in [5, 5.41) is 0. The zero-order valence-electron chi connectivity index (χ0n) is 9.86. The summed E-state index contributed by atoms with van der Waals surface area (Å²) in [6, 6.07) is 5.21. The molecule has 1 aromatic rings. The van der Waals surface area contributed by atoms with Crippen molar-refractivity contribution in [1.29, 1.82) is 0 Å². The van der Waals surface area contributed by atoms with Crippen LogP contribution in [0.1, 0.15) is 30.6 Å². The van der Waals surface area contributed by atoms with Gasteiger partial charge in [0.1, 0.15) is 0 Å². The molecule has 88 valence electrons. The Morgan fingerprint density at radius 1 is 1.38 bits per heavy atom. The minimum absolute atomic E-state index is 0.447. The Hall–Kier alpha value is -1.71. The summed E-state index contributed by atoms with van der Waals surface area (Å²) in [6.45, 7) is 6.05. The highest BCUT2D eigenvalue weighted by atomic mass is 16.1. The lowest BCUT2D eigenvalue weighted by Crippen LogP contribution is -2.24. The largest absolute Gasteiger partial charge is 0.397 e. The number of primary amides is 1. The maximum atomic E-state index is 11.0. The molecule has 0 saturated heterocycles. The first-order valence-corrected chi connectivity index (χ1v) is 5.54. The molecule has 0 atom stereocenters. The van der Waals surface area contributed by atoms with Crippen molar-refractivity contribution in [3.8, 4) is 0 Å². The summed E-state index contributed by atoms with van der Waals surface area (Å²) in [4.78, 5) is 13.2. The van der Waals surface area contributed by atoms with Gasteiger partial charge in [-0.2, -0.15) is 0 Å². The number of carbonyl (C=O) groups excluding carboxylic acids is 1. The number of anilines is 2. The second-order valence-corrected chi connectivity index (χ2v) is 3.72. The fourth-order valence-electron chi connectivity index (χ4n) is 1.71. The first-order valence-electron chi connectivity index (χ1n) is 5.54. The molecule has 0 aliphatic carbocycles. The molecular formula is C12H19N3O. The SMILES string of the molecule is CCCN(CC)c1ccc(C(N)=O)cc1N. The van der Waals surface area contributed by atoms with Crippen LogP contribution >= 0.6 is 0 Å². The second kappa shape index (κ2) is 5.39. The molecule has 0 aliphatic heterocycles. The number of carbonyl (C=O) groups is 1. The van der Waals surface area contributed by atoms with Gasteiger partial charge in [-0.25, -0.2) is 0 Å². The third-order valence-electron chi connectivity index (χ3n) is 2.53. The Bertz CT molecular complexity index is 377. The Morgan fingerprint density at radius 2 is 2.06 bits per heavy atom. The fourth-order valence-corrected chi connectivity index (χ4v) is 1.71. The smallest absolute Gasteiger partial charge is 0.248 e. The van der Waals surface area contributed by atoms with E-state index in [-0.39, 0.29) is 0 Å². The summed E-state index contributed by atoms with van der Waals surface area (Å²) in [7, 11) is 0. The molecule has 0 aliphatic rings. The molecule has 0 fully saturated rings. The van der Waals surface area contributed by atoms with E-state index in [2.05, 4.69) is 18.7 Å². The van der Waals surface area contributed by atoms with Gasteiger partial charge in [0.15, 0.2) is 0 Å². The van der Waals surface area contributed by atoms with Crippen molar-refractivity contribution in [2.75, 3.05) is 23.7 Å². The molecule has 0 aromatic heterocycles. The molecule has 1 amide bonds. The number of hydrogen-bond donors (Lipinski definition) is 2. The summed E-state index contributed by atoms with van der Waals surface area (Å²) < 4.78 is 0. The van der Waals surface area contributed by atoms with Gasteiger partial charge >= 0.3 is 0 Å². The van der Waals surface area contributed by atoms with Crippen LogP contribution in [0.3, 0.4) is 0 Å². The van der Waals surface area contributed by atoms with Gasteiger partial charge in [0.2, 0.25) is 5.91 Å². The van der Waals surface area contributed by atoms with Gasteiger partial charge in [0.05, 0.1) is 11.4 Å². The maximum absolute atomic E-state index is 11.0. The van der Waals surface area contributed by atoms with Crippen LogP contribution in [-0.2, 0) is 0 Å². The van der Waals surface area contributed by atoms with Gasteiger partial charge in [-0.1, -0.05) is 6.92 Å². The summed E-state index contributed by atoms with van der Waals surface area (Å²) in [6.07, 6.45) is 1.06. The monoisotopic (exact) mass is 221 g/mol. The van der Waals surface area contributed by atoms with Gasteiger partial charge in [0.25, 0.3) is 0 Å². The number of hydrogen-bond acceptors (Lipinski definition) is 3. The first kappa shape index (κ1) is 12.4. The number of benzene rings is 1. The predicted octanol–water partition coefficient (Wildman–Crippen LogP) is 1.60. The van der Waals surface area contributed by atoms with Crippen molar-refractivity contribution >= 4 is 17.3 Å². The normalized spacial score (nSPS) is 10.1. The van der Waals surface area contributed by atoms with Crippen molar-refractivity contribution in [2.45, 2.75) is 20.3 Å². The minimum Gasteiger partial charge on any atom is -0.397 e. The minimum atomic E-state index is -0.447. The topological polar surface area (TPSA) is 72.3 Å². The highest BCUT2D eigenvalue weighted by Crippen LogP contribution is 2.24. The average molecular weight is 221 g/mol. The molecule has 4 N–H and O–H groups in total. The zero-order chi connectivity index (χ0) is 12.1. The van der Waals surface area contributed by atoms with Gasteiger partial charge in [-0.3, -0.25) is 4.79 Å². The van der Waals surface area contributed by atoms with E-state index in [4.69, 9.17) is 11.5 Å². The van der Waals surface area contributed by atoms with Crippen molar-refractivity contribution < 1.29 is 4.79 Å². The molecule has 4 nitrogen and oxygen atoms in total. The standard InChI is InChI=1S/C12H19N3O/c1-3-7-15(4-2)11-6-5-9(12(14)16)8-10(11)13/h5-6,8H,3-4,7,13H2,1-2H3,(H2,14,16). The molecule has 0 unspecified atom stereocenters. The van der Waals surface area contributed by atoms with E-state index in [9.17, 15) is 4.79 Å². The predicted molar refractivity (Wildman–Crippen MR) is 67.6 cm³/mol. The van der Waals surface area contributed by atoms with Crippen molar-refractivity contribution in [2.24, 2.45) is 5.73 Å². The molecule has 0 saturated carbocycles. The van der Waals surface area contributed by atoms with Gasteiger partial charge in [0, 0.05) is 18.7 Å². The average Bonchev–Trinajstić information content (AvgIpc) is 2.26. The van der Waals surface area contributed by atoms with Crippen LogP contribution < -0.4 is 16.4 Å². The lowest BCUT2D eigenvalue weighted by Gasteiger charge is -2.24. The number of nitrogens with two attached hydrogens (primary N) is 2. The van der Waals surface area contributed by atoms with Gasteiger partial charge < -0.3 is 16.4 Å². The van der Waals surface area contributed by atoms with Crippen LogP contribution in [-0.4, -0.2) is 19.0 Å². The lowest BCUT2D eigenvalue weighted by molar-refractivity contribution is 0.100. The number of amides is 1. The highest BCUT2D eigenvalue weighted by molar-refractivity contribution is 5.94. The molecule has 4 heteroatoms. The Morgan fingerprint density at radius 3 is 2.50 bits per heavy atom. The molecule has 0 bridgehead atoms. The van der Waals surface area contributed by atoms with E-state index in [0.717, 1.165) is 25.2 Å². The molecule has 1 aromatic carbocycles. The van der Waals surface area contributed by atoms with Gasteiger partial charge in [-0.05, 0) is 31.5 Å². The van der Waals surface area contributed by atoms with Crippen molar-refractivity contribution in [1.82, 2.24) is 0 Å². The molecule has 16 heavy (non-hydrogen) atoms. The van der Waals surface area contributed by atoms with Crippen molar-refractivity contribution in [3.05, 3.63) is 23.8 Å². The lowest BCUT2D eigenvalue weighted by atomic mass is 10.1. The van der Waals surface area contributed by atoms with E-state index >= 15 is 0 Å². The number of rotatable bonds is 5. The summed E-state index contributed by atoms with van der Waals surface area (Å²) in [5.74, 6) is -0.447. The quantitative estimate of drug-likeness (QED) is 0.742. The van der Waals surface area contributed by atoms with Gasteiger partial charge in [-0.15, -0.1) is 0 Å². The van der Waals surface area contributed by atoms with Crippen LogP contribution in [0.25, 0.3) is 0 Å². The maximum Gasteiger partial charge on any atom is 0.248 e. The number of nitrogen functional groups attached to an aromatic ring is 1. The summed E-state index contributed by atoms with van der Waals surface area (Å²) in [5.41, 5.74) is 13.1. The molecule has 0 radical (unpaired) electrons. The molecular weight excluding hydrogens is 202 g/mol. The highest BCUT2D eigenvalue weighted by Gasteiger charge is 2.09.